The largest absolute Gasteiger partial charge is 0.495 e. The summed E-state index contributed by atoms with van der Waals surface area (Å²) in [5.41, 5.74) is 4.02. The molecule has 8 heteroatoms. The molecule has 0 amide bonds. The summed E-state index contributed by atoms with van der Waals surface area (Å²) in [5.74, 6) is -0.647. The van der Waals surface area contributed by atoms with Crippen molar-refractivity contribution in [3.8, 4) is 11.8 Å². The minimum atomic E-state index is -0.866. The molecule has 1 fully saturated rings. The van der Waals surface area contributed by atoms with Crippen molar-refractivity contribution in [3.05, 3.63) is 47.5 Å². The normalized spacial score (nSPS) is 14.8. The van der Waals surface area contributed by atoms with Gasteiger partial charge in [0.15, 0.2) is 0 Å². The van der Waals surface area contributed by atoms with Gasteiger partial charge in [0.2, 0.25) is 0 Å². The molecule has 182 valence electrons. The minimum absolute atomic E-state index is 0.0191. The maximum absolute atomic E-state index is 11.5. The fraction of sp³-hybridized carbons (Fsp3) is 0.462. The second-order valence-electron chi connectivity index (χ2n) is 8.31. The number of anilines is 3. The van der Waals surface area contributed by atoms with Gasteiger partial charge in [-0.3, -0.25) is 4.79 Å². The van der Waals surface area contributed by atoms with Crippen LogP contribution in [0.5, 0.6) is 5.75 Å². The number of nitrogens with zero attached hydrogens (tertiary/aromatic N) is 2. The summed E-state index contributed by atoms with van der Waals surface area (Å²) >= 11 is 0. The zero-order chi connectivity index (χ0) is 24.5. The number of carboxylic acid groups (broad SMARTS) is 1. The third kappa shape index (κ3) is 6.19. The van der Waals surface area contributed by atoms with Crippen LogP contribution in [0, 0.1) is 11.3 Å². The van der Waals surface area contributed by atoms with Gasteiger partial charge in [0, 0.05) is 50.6 Å². The molecule has 1 saturated heterocycles. The summed E-state index contributed by atoms with van der Waals surface area (Å²) in [7, 11) is 3.12. The number of nitriles is 1. The number of methoxy groups -OCH3 is 2. The van der Waals surface area contributed by atoms with Crippen LogP contribution in [0.3, 0.4) is 0 Å². The lowest BCUT2D eigenvalue weighted by Crippen LogP contribution is -2.39. The second kappa shape index (κ2) is 12.3. The highest BCUT2D eigenvalue weighted by Gasteiger charge is 2.24. The van der Waals surface area contributed by atoms with Gasteiger partial charge in [-0.1, -0.05) is 6.07 Å². The van der Waals surface area contributed by atoms with E-state index in [4.69, 9.17) is 14.2 Å². The Labute approximate surface area is 201 Å². The number of hydrogen-bond acceptors (Lipinski definition) is 7. The molecule has 1 atom stereocenters. The summed E-state index contributed by atoms with van der Waals surface area (Å²) in [5, 5.41) is 22.2. The molecule has 2 N–H and O–H groups in total. The number of carbonyl (C=O) groups is 1. The first kappa shape index (κ1) is 25.3. The van der Waals surface area contributed by atoms with Crippen LogP contribution in [0.2, 0.25) is 0 Å². The fourth-order valence-corrected chi connectivity index (χ4v) is 4.48. The molecular weight excluding hydrogens is 434 g/mol. The number of aliphatic carboxylic acids is 1. The van der Waals surface area contributed by atoms with E-state index >= 15 is 0 Å². The standard InChI is InChI=1S/C26H33N3O5/c1-4-29(22-9-11-34-12-10-22)24-8-6-18(20(17-32-2)14-26(30)31)13-23(24)28-21-7-5-19(16-27)25(15-21)33-3/h5-8,13,15,20,22,28H,4,9-12,14,17H2,1-3H3,(H,30,31). The van der Waals surface area contributed by atoms with Crippen LogP contribution in [-0.4, -0.2) is 57.7 Å². The predicted octanol–water partition coefficient (Wildman–Crippen LogP) is 4.52. The van der Waals surface area contributed by atoms with E-state index in [1.165, 1.54) is 7.11 Å². The number of rotatable bonds is 11. The Morgan fingerprint density at radius 3 is 2.65 bits per heavy atom. The van der Waals surface area contributed by atoms with Crippen LogP contribution in [-0.2, 0) is 14.3 Å². The van der Waals surface area contributed by atoms with Gasteiger partial charge in [-0.15, -0.1) is 0 Å². The van der Waals surface area contributed by atoms with E-state index in [9.17, 15) is 15.2 Å². The molecule has 0 aliphatic carbocycles. The monoisotopic (exact) mass is 467 g/mol. The van der Waals surface area contributed by atoms with Gasteiger partial charge in [0.05, 0.1) is 37.1 Å². The lowest BCUT2D eigenvalue weighted by molar-refractivity contribution is -0.137. The van der Waals surface area contributed by atoms with Gasteiger partial charge in [0.25, 0.3) is 0 Å². The van der Waals surface area contributed by atoms with Gasteiger partial charge in [-0.2, -0.15) is 5.26 Å². The highest BCUT2D eigenvalue weighted by atomic mass is 16.5. The lowest BCUT2D eigenvalue weighted by Gasteiger charge is -2.37. The van der Waals surface area contributed by atoms with E-state index in [0.29, 0.717) is 24.0 Å². The molecule has 0 radical (unpaired) electrons. The minimum Gasteiger partial charge on any atom is -0.495 e. The van der Waals surface area contributed by atoms with E-state index in [0.717, 1.165) is 55.2 Å². The molecule has 1 aliphatic rings. The van der Waals surface area contributed by atoms with E-state index < -0.39 is 5.97 Å². The first-order valence-electron chi connectivity index (χ1n) is 11.5. The van der Waals surface area contributed by atoms with Gasteiger partial charge < -0.3 is 29.5 Å². The Bertz CT molecular complexity index is 1010. The molecular formula is C26H33N3O5. The molecule has 1 aliphatic heterocycles. The molecule has 0 aromatic heterocycles. The van der Waals surface area contributed by atoms with Crippen LogP contribution in [0.4, 0.5) is 17.1 Å². The zero-order valence-corrected chi connectivity index (χ0v) is 20.0. The first-order chi connectivity index (χ1) is 16.5. The third-order valence-corrected chi connectivity index (χ3v) is 6.16. The average Bonchev–Trinajstić information content (AvgIpc) is 2.85. The number of carboxylic acids is 1. The van der Waals surface area contributed by atoms with Gasteiger partial charge in [-0.25, -0.2) is 0 Å². The van der Waals surface area contributed by atoms with Gasteiger partial charge in [-0.05, 0) is 49.6 Å². The van der Waals surface area contributed by atoms with Gasteiger partial charge >= 0.3 is 5.97 Å². The summed E-state index contributed by atoms with van der Waals surface area (Å²) in [6.07, 6.45) is 1.88. The maximum Gasteiger partial charge on any atom is 0.304 e. The average molecular weight is 468 g/mol. The van der Waals surface area contributed by atoms with Crippen molar-refractivity contribution >= 4 is 23.0 Å². The topological polar surface area (TPSA) is 104 Å². The molecule has 34 heavy (non-hydrogen) atoms. The molecule has 1 unspecified atom stereocenters. The van der Waals surface area contributed by atoms with Crippen molar-refractivity contribution in [3.63, 3.8) is 0 Å². The van der Waals surface area contributed by atoms with Crippen LogP contribution < -0.4 is 15.0 Å². The Balaban J connectivity index is 2.04. The van der Waals surface area contributed by atoms with Crippen LogP contribution in [0.1, 0.15) is 43.2 Å². The molecule has 0 bridgehead atoms. The van der Waals surface area contributed by atoms with Crippen LogP contribution in [0.15, 0.2) is 36.4 Å². The first-order valence-corrected chi connectivity index (χ1v) is 11.5. The van der Waals surface area contributed by atoms with Crippen LogP contribution in [0.25, 0.3) is 0 Å². The van der Waals surface area contributed by atoms with Crippen molar-refractivity contribution in [2.75, 3.05) is 50.8 Å². The van der Waals surface area contributed by atoms with Crippen molar-refractivity contribution in [1.82, 2.24) is 0 Å². The smallest absolute Gasteiger partial charge is 0.304 e. The molecule has 8 nitrogen and oxygen atoms in total. The van der Waals surface area contributed by atoms with E-state index in [-0.39, 0.29) is 12.3 Å². The van der Waals surface area contributed by atoms with E-state index in [1.807, 2.05) is 18.2 Å². The zero-order valence-electron chi connectivity index (χ0n) is 20.0. The summed E-state index contributed by atoms with van der Waals surface area (Å²) in [6, 6.07) is 13.9. The number of hydrogen-bond donors (Lipinski definition) is 2. The highest BCUT2D eigenvalue weighted by molar-refractivity contribution is 5.78. The Morgan fingerprint density at radius 1 is 1.26 bits per heavy atom. The molecule has 2 aromatic carbocycles. The summed E-state index contributed by atoms with van der Waals surface area (Å²) in [6.45, 7) is 4.75. The van der Waals surface area contributed by atoms with Crippen molar-refractivity contribution in [2.24, 2.45) is 0 Å². The Hall–Kier alpha value is -3.28. The van der Waals surface area contributed by atoms with Crippen LogP contribution >= 0.6 is 0 Å². The third-order valence-electron chi connectivity index (χ3n) is 6.16. The van der Waals surface area contributed by atoms with Gasteiger partial charge in [0.1, 0.15) is 11.8 Å². The highest BCUT2D eigenvalue weighted by Crippen LogP contribution is 2.36. The van der Waals surface area contributed by atoms with Crippen molar-refractivity contribution in [1.29, 1.82) is 5.26 Å². The maximum atomic E-state index is 11.5. The lowest BCUT2D eigenvalue weighted by atomic mass is 9.94. The van der Waals surface area contributed by atoms with E-state index in [1.54, 1.807) is 19.2 Å². The molecule has 0 saturated carbocycles. The Kier molecular flexibility index (Phi) is 9.14. The number of nitrogens with one attached hydrogen (secondary N) is 1. The molecule has 3 rings (SSSR count). The summed E-state index contributed by atoms with van der Waals surface area (Å²) < 4.78 is 16.3. The quantitative estimate of drug-likeness (QED) is 0.497. The molecule has 0 spiro atoms. The fourth-order valence-electron chi connectivity index (χ4n) is 4.48. The number of benzene rings is 2. The predicted molar refractivity (Wildman–Crippen MR) is 131 cm³/mol. The molecule has 2 aromatic rings. The second-order valence-corrected chi connectivity index (χ2v) is 8.31. The van der Waals surface area contributed by atoms with Crippen molar-refractivity contribution in [2.45, 2.75) is 38.1 Å². The summed E-state index contributed by atoms with van der Waals surface area (Å²) in [4.78, 5) is 13.8. The molecule has 1 heterocycles. The van der Waals surface area contributed by atoms with E-state index in [2.05, 4.69) is 29.3 Å². The number of ether oxygens (including phenoxy) is 3. The Morgan fingerprint density at radius 2 is 2.03 bits per heavy atom. The SMILES string of the molecule is CCN(c1ccc(C(COC)CC(=O)O)cc1Nc1ccc(C#N)c(OC)c1)C1CCOCC1. The van der Waals surface area contributed by atoms with Crippen molar-refractivity contribution < 1.29 is 24.1 Å².